The molecule has 2 atom stereocenters. The van der Waals surface area contributed by atoms with Crippen LogP contribution in [0.25, 0.3) is 23.3 Å². The molecule has 2 heterocycles. The highest BCUT2D eigenvalue weighted by molar-refractivity contribution is 5.85. The minimum Gasteiger partial charge on any atom is -0.508 e. The number of allylic oxidation sites excluding steroid dienone is 2. The Hall–Kier alpha value is -6.02. The lowest BCUT2D eigenvalue weighted by molar-refractivity contribution is 0.410. The van der Waals surface area contributed by atoms with Crippen LogP contribution in [0, 0.1) is 0 Å². The lowest BCUT2D eigenvalue weighted by atomic mass is 9.79. The van der Waals surface area contributed by atoms with Crippen LogP contribution in [-0.2, 0) is 6.42 Å². The normalized spacial score (nSPS) is 16.7. The van der Waals surface area contributed by atoms with E-state index >= 15 is 0 Å². The Morgan fingerprint density at radius 1 is 0.592 bits per heavy atom. The predicted molar refractivity (Wildman–Crippen MR) is 187 cm³/mol. The Balaban J connectivity index is 1.09. The fourth-order valence-electron chi connectivity index (χ4n) is 7.14. The molecular weight excluding hydrogens is 616 g/mol. The summed E-state index contributed by atoms with van der Waals surface area (Å²) in [5.41, 5.74) is 9.90. The van der Waals surface area contributed by atoms with E-state index in [0.717, 1.165) is 67.2 Å². The molecule has 0 saturated carbocycles. The standard InChI is InChI=1S/C41H34N2O6/c1-46-30-9-5-26(6-10-30)28-18-32(36-22-42-48-40(36)20-28)34-16-24(3-13-38(34)44)15-25-4-14-39(45)35(17-25)33-19-29(21-41-37(33)23-43-49-41)27-7-11-31(47-2)12-8-27/h3-14,16-17,20-23,32-33,44-45H,15,18-19H2,1-2H3. The molecule has 0 spiro atoms. The highest BCUT2D eigenvalue weighted by Crippen LogP contribution is 2.46. The molecule has 244 valence electrons. The summed E-state index contributed by atoms with van der Waals surface area (Å²) in [6, 6.07) is 27.5. The number of phenolic OH excluding ortho intramolecular Hbond substituents is 2. The number of methoxy groups -OCH3 is 2. The smallest absolute Gasteiger partial charge is 0.163 e. The molecule has 4 aromatic carbocycles. The first-order chi connectivity index (χ1) is 24.0. The van der Waals surface area contributed by atoms with Crippen LogP contribution in [0.3, 0.4) is 0 Å². The Bertz CT molecular complexity index is 2050. The molecule has 2 aromatic heterocycles. The van der Waals surface area contributed by atoms with Crippen molar-refractivity contribution in [3.8, 4) is 23.0 Å². The lowest BCUT2D eigenvalue weighted by Gasteiger charge is -2.25. The molecule has 0 saturated heterocycles. The first-order valence-corrected chi connectivity index (χ1v) is 16.2. The van der Waals surface area contributed by atoms with Gasteiger partial charge in [0.15, 0.2) is 11.5 Å². The lowest BCUT2D eigenvalue weighted by Crippen LogP contribution is -2.09. The van der Waals surface area contributed by atoms with E-state index in [4.69, 9.17) is 18.5 Å². The van der Waals surface area contributed by atoms with Gasteiger partial charge in [0.2, 0.25) is 0 Å². The van der Waals surface area contributed by atoms with E-state index in [1.807, 2.05) is 72.8 Å². The van der Waals surface area contributed by atoms with Gasteiger partial charge in [0.05, 0.1) is 26.6 Å². The van der Waals surface area contributed by atoms with E-state index in [1.165, 1.54) is 0 Å². The van der Waals surface area contributed by atoms with Crippen molar-refractivity contribution in [2.24, 2.45) is 0 Å². The summed E-state index contributed by atoms with van der Waals surface area (Å²) < 4.78 is 22.0. The zero-order valence-electron chi connectivity index (χ0n) is 27.1. The van der Waals surface area contributed by atoms with Crippen LogP contribution < -0.4 is 9.47 Å². The van der Waals surface area contributed by atoms with Gasteiger partial charge in [-0.05, 0) is 101 Å². The predicted octanol–water partition coefficient (Wildman–Crippen LogP) is 8.83. The topological polar surface area (TPSA) is 111 Å². The number of nitrogens with zero attached hydrogens (tertiary/aromatic N) is 2. The Morgan fingerprint density at radius 2 is 1.02 bits per heavy atom. The van der Waals surface area contributed by atoms with Crippen LogP contribution in [0.15, 0.2) is 106 Å². The molecular formula is C41H34N2O6. The maximum atomic E-state index is 11.2. The molecule has 0 aliphatic heterocycles. The molecule has 2 N–H and O–H groups in total. The van der Waals surface area contributed by atoms with Crippen molar-refractivity contribution >= 4 is 23.3 Å². The zero-order chi connectivity index (χ0) is 33.5. The monoisotopic (exact) mass is 650 g/mol. The fraction of sp³-hybridized carbons (Fsp3) is 0.171. The van der Waals surface area contributed by atoms with Gasteiger partial charge in [0, 0.05) is 34.1 Å². The van der Waals surface area contributed by atoms with Gasteiger partial charge in [-0.3, -0.25) is 0 Å². The van der Waals surface area contributed by atoms with Gasteiger partial charge in [-0.15, -0.1) is 0 Å². The second kappa shape index (κ2) is 12.5. The minimum atomic E-state index is -0.143. The molecule has 0 radical (unpaired) electrons. The Kier molecular flexibility index (Phi) is 7.76. The molecule has 0 bridgehead atoms. The number of rotatable bonds is 8. The van der Waals surface area contributed by atoms with Crippen molar-refractivity contribution in [1.82, 2.24) is 10.3 Å². The number of benzene rings is 4. The van der Waals surface area contributed by atoms with Gasteiger partial charge in [-0.25, -0.2) is 0 Å². The zero-order valence-corrected chi connectivity index (χ0v) is 27.1. The molecule has 2 aliphatic rings. The molecule has 2 aliphatic carbocycles. The molecule has 0 amide bonds. The minimum absolute atomic E-state index is 0.143. The number of hydrogen-bond donors (Lipinski definition) is 2. The fourth-order valence-corrected chi connectivity index (χ4v) is 7.14. The Morgan fingerprint density at radius 3 is 1.43 bits per heavy atom. The van der Waals surface area contributed by atoms with Gasteiger partial charge < -0.3 is 28.7 Å². The van der Waals surface area contributed by atoms with Gasteiger partial charge in [-0.1, -0.05) is 58.8 Å². The number of hydrogen-bond acceptors (Lipinski definition) is 8. The van der Waals surface area contributed by atoms with Crippen molar-refractivity contribution in [1.29, 1.82) is 0 Å². The van der Waals surface area contributed by atoms with E-state index in [2.05, 4.69) is 22.4 Å². The number of ether oxygens (including phenoxy) is 2. The average molecular weight is 651 g/mol. The number of phenols is 2. The molecule has 6 aromatic rings. The third kappa shape index (κ3) is 5.75. The summed E-state index contributed by atoms with van der Waals surface area (Å²) >= 11 is 0. The molecule has 8 rings (SSSR count). The second-order valence-corrected chi connectivity index (χ2v) is 12.6. The molecule has 8 nitrogen and oxygen atoms in total. The van der Waals surface area contributed by atoms with Gasteiger partial charge in [-0.2, -0.15) is 0 Å². The van der Waals surface area contributed by atoms with Gasteiger partial charge in [0.25, 0.3) is 0 Å². The van der Waals surface area contributed by atoms with E-state index in [9.17, 15) is 10.2 Å². The summed E-state index contributed by atoms with van der Waals surface area (Å²) in [6.45, 7) is 0. The van der Waals surface area contributed by atoms with Crippen molar-refractivity contribution in [2.45, 2.75) is 31.1 Å². The van der Waals surface area contributed by atoms with Crippen molar-refractivity contribution in [2.75, 3.05) is 14.2 Å². The summed E-state index contributed by atoms with van der Waals surface area (Å²) in [7, 11) is 3.31. The van der Waals surface area contributed by atoms with Gasteiger partial charge in [0.1, 0.15) is 23.0 Å². The molecule has 2 unspecified atom stereocenters. The summed E-state index contributed by atoms with van der Waals surface area (Å²) in [6.07, 6.45) is 9.51. The quantitative estimate of drug-likeness (QED) is 0.168. The van der Waals surface area contributed by atoms with Crippen LogP contribution in [-0.4, -0.2) is 34.7 Å². The van der Waals surface area contributed by atoms with E-state index < -0.39 is 0 Å². The molecule has 0 fully saturated rings. The first-order valence-electron chi connectivity index (χ1n) is 16.2. The molecule has 49 heavy (non-hydrogen) atoms. The first kappa shape index (κ1) is 30.3. The van der Waals surface area contributed by atoms with Crippen molar-refractivity contribution in [3.63, 3.8) is 0 Å². The number of fused-ring (bicyclic) bond motifs is 2. The van der Waals surface area contributed by atoms with Crippen LogP contribution in [0.5, 0.6) is 23.0 Å². The van der Waals surface area contributed by atoms with Crippen LogP contribution in [0.1, 0.15) is 80.7 Å². The highest BCUT2D eigenvalue weighted by Gasteiger charge is 2.30. The largest absolute Gasteiger partial charge is 0.508 e. The maximum Gasteiger partial charge on any atom is 0.163 e. The second-order valence-electron chi connectivity index (χ2n) is 12.6. The Labute approximate surface area is 283 Å². The maximum absolute atomic E-state index is 11.2. The molecule has 8 heteroatoms. The van der Waals surface area contributed by atoms with E-state index in [0.29, 0.717) is 30.8 Å². The highest BCUT2D eigenvalue weighted by atomic mass is 16.5. The third-order valence-electron chi connectivity index (χ3n) is 9.73. The average Bonchev–Trinajstić information content (AvgIpc) is 3.83. The SMILES string of the molecule is COc1ccc(C2=Cc3oncc3C(c3cc(Cc4ccc(O)c(C5CC(c6ccc(OC)cc6)=Cc6oncc65)c4)ccc3O)C2)cc1. The third-order valence-corrected chi connectivity index (χ3v) is 9.73. The van der Waals surface area contributed by atoms with E-state index in [1.54, 1.807) is 38.7 Å². The van der Waals surface area contributed by atoms with Crippen molar-refractivity contribution < 1.29 is 28.7 Å². The van der Waals surface area contributed by atoms with Crippen LogP contribution in [0.2, 0.25) is 0 Å². The van der Waals surface area contributed by atoms with Crippen LogP contribution >= 0.6 is 0 Å². The van der Waals surface area contributed by atoms with Crippen LogP contribution in [0.4, 0.5) is 0 Å². The van der Waals surface area contributed by atoms with Gasteiger partial charge >= 0.3 is 0 Å². The summed E-state index contributed by atoms with van der Waals surface area (Å²) in [5.74, 6) is 3.13. The van der Waals surface area contributed by atoms with E-state index in [-0.39, 0.29) is 23.3 Å². The summed E-state index contributed by atoms with van der Waals surface area (Å²) in [4.78, 5) is 0. The number of aromatic hydroxyl groups is 2. The number of aromatic nitrogens is 2. The summed E-state index contributed by atoms with van der Waals surface area (Å²) in [5, 5.41) is 30.5. The van der Waals surface area contributed by atoms with Crippen molar-refractivity contribution in [3.05, 3.63) is 153 Å².